The van der Waals surface area contributed by atoms with Gasteiger partial charge in [0.15, 0.2) is 5.78 Å². The minimum atomic E-state index is -0.433. The fourth-order valence-corrected chi connectivity index (χ4v) is 4.41. The number of dihydropyridines is 1. The molecule has 0 amide bonds. The number of rotatable bonds is 3. The topological polar surface area (TPSA) is 73.2 Å². The maximum Gasteiger partial charge on any atom is 0.336 e. The van der Waals surface area contributed by atoms with E-state index in [1.54, 1.807) is 6.92 Å². The molecule has 1 unspecified atom stereocenters. The molecular formula is C21H29N3O3. The van der Waals surface area contributed by atoms with Crippen LogP contribution in [0.4, 0.5) is 0 Å². The summed E-state index contributed by atoms with van der Waals surface area (Å²) in [5.74, 6) is -0.715. The highest BCUT2D eigenvalue weighted by Gasteiger charge is 2.44. The molecule has 0 saturated carbocycles. The molecule has 0 fully saturated rings. The number of allylic oxidation sites excluding steroid dienone is 3. The van der Waals surface area contributed by atoms with Gasteiger partial charge in [-0.3, -0.25) is 9.48 Å². The van der Waals surface area contributed by atoms with Crippen molar-refractivity contribution in [3.8, 4) is 0 Å². The van der Waals surface area contributed by atoms with Crippen LogP contribution in [0.15, 0.2) is 22.5 Å². The molecule has 0 spiro atoms. The first-order chi connectivity index (χ1) is 12.6. The fourth-order valence-electron chi connectivity index (χ4n) is 4.41. The Labute approximate surface area is 160 Å². The molecule has 1 aromatic rings. The van der Waals surface area contributed by atoms with Crippen molar-refractivity contribution in [3.63, 3.8) is 0 Å². The maximum atomic E-state index is 13.2. The quantitative estimate of drug-likeness (QED) is 0.826. The van der Waals surface area contributed by atoms with Gasteiger partial charge in [-0.25, -0.2) is 4.79 Å². The first-order valence-corrected chi connectivity index (χ1v) is 9.48. The average Bonchev–Trinajstić information content (AvgIpc) is 2.77. The number of aromatic nitrogens is 2. The Morgan fingerprint density at radius 3 is 2.52 bits per heavy atom. The predicted octanol–water partition coefficient (Wildman–Crippen LogP) is 3.20. The summed E-state index contributed by atoms with van der Waals surface area (Å²) in [5, 5.41) is 7.88. The van der Waals surface area contributed by atoms with Gasteiger partial charge in [-0.05, 0) is 39.5 Å². The lowest BCUT2D eigenvalue weighted by molar-refractivity contribution is -0.138. The van der Waals surface area contributed by atoms with Crippen LogP contribution < -0.4 is 5.32 Å². The Morgan fingerprint density at radius 1 is 1.30 bits per heavy atom. The summed E-state index contributed by atoms with van der Waals surface area (Å²) in [5.41, 5.74) is 5.51. The van der Waals surface area contributed by atoms with Crippen molar-refractivity contribution >= 4 is 11.8 Å². The van der Waals surface area contributed by atoms with Crippen LogP contribution >= 0.6 is 0 Å². The van der Waals surface area contributed by atoms with Crippen molar-refractivity contribution < 1.29 is 14.3 Å². The Kier molecular flexibility index (Phi) is 4.78. The molecular weight excluding hydrogens is 342 g/mol. The highest BCUT2D eigenvalue weighted by atomic mass is 16.5. The van der Waals surface area contributed by atoms with Gasteiger partial charge in [0.05, 0.1) is 23.8 Å². The van der Waals surface area contributed by atoms with Gasteiger partial charge in [0.25, 0.3) is 0 Å². The zero-order valence-corrected chi connectivity index (χ0v) is 17.3. The number of ketones is 1. The predicted molar refractivity (Wildman–Crippen MR) is 103 cm³/mol. The van der Waals surface area contributed by atoms with Gasteiger partial charge in [0, 0.05) is 41.7 Å². The van der Waals surface area contributed by atoms with E-state index >= 15 is 0 Å². The van der Waals surface area contributed by atoms with Gasteiger partial charge in [-0.15, -0.1) is 0 Å². The maximum absolute atomic E-state index is 13.2. The second-order valence-electron chi connectivity index (χ2n) is 8.36. The molecule has 1 aromatic heterocycles. The third kappa shape index (κ3) is 3.22. The van der Waals surface area contributed by atoms with E-state index in [0.717, 1.165) is 34.8 Å². The highest BCUT2D eigenvalue weighted by molar-refractivity contribution is 6.04. The minimum Gasteiger partial charge on any atom is -0.463 e. The number of carbonyl (C=O) groups is 2. The number of nitrogens with one attached hydrogen (secondary N) is 1. The van der Waals surface area contributed by atoms with Gasteiger partial charge in [0.1, 0.15) is 0 Å². The van der Waals surface area contributed by atoms with Gasteiger partial charge in [-0.1, -0.05) is 13.8 Å². The molecule has 1 N–H and O–H groups in total. The van der Waals surface area contributed by atoms with Crippen molar-refractivity contribution in [2.45, 2.75) is 60.3 Å². The molecule has 0 bridgehead atoms. The van der Waals surface area contributed by atoms with Crippen molar-refractivity contribution in [2.75, 3.05) is 6.61 Å². The second kappa shape index (κ2) is 6.66. The number of ether oxygens (including phenoxy) is 1. The van der Waals surface area contributed by atoms with Gasteiger partial charge in [0.2, 0.25) is 0 Å². The van der Waals surface area contributed by atoms with Gasteiger partial charge >= 0.3 is 5.97 Å². The standard InChI is InChI=1S/C21H29N3O3/c1-8-27-20(26)17-11(2)22-14-9-21(5,6)10-15(25)18(14)19(17)16-12(3)23-24(7)13(16)4/h19,22H,8-10H2,1-7H3. The van der Waals surface area contributed by atoms with E-state index in [2.05, 4.69) is 24.3 Å². The molecule has 0 saturated heterocycles. The number of Topliss-reactive ketones (excluding diaryl/α,β-unsaturated/α-hetero) is 1. The second-order valence-corrected chi connectivity index (χ2v) is 8.36. The minimum absolute atomic E-state index is 0.0932. The number of esters is 1. The lowest BCUT2D eigenvalue weighted by atomic mass is 9.68. The molecule has 1 aliphatic heterocycles. The third-order valence-electron chi connectivity index (χ3n) is 5.59. The third-order valence-corrected chi connectivity index (χ3v) is 5.59. The Morgan fingerprint density at radius 2 is 1.96 bits per heavy atom. The summed E-state index contributed by atoms with van der Waals surface area (Å²) in [4.78, 5) is 26.0. The van der Waals surface area contributed by atoms with E-state index in [0.29, 0.717) is 24.2 Å². The normalized spacial score (nSPS) is 21.9. The first-order valence-electron chi connectivity index (χ1n) is 9.48. The van der Waals surface area contributed by atoms with E-state index in [-0.39, 0.29) is 17.2 Å². The van der Waals surface area contributed by atoms with Crippen LogP contribution in [-0.4, -0.2) is 28.1 Å². The van der Waals surface area contributed by atoms with Crippen LogP contribution in [0.5, 0.6) is 0 Å². The van der Waals surface area contributed by atoms with Crippen LogP contribution in [-0.2, 0) is 21.4 Å². The van der Waals surface area contributed by atoms with E-state index in [1.165, 1.54) is 0 Å². The summed E-state index contributed by atoms with van der Waals surface area (Å²) in [6, 6.07) is 0. The van der Waals surface area contributed by atoms with Crippen LogP contribution in [0.1, 0.15) is 63.4 Å². The number of hydrogen-bond acceptors (Lipinski definition) is 5. The van der Waals surface area contributed by atoms with E-state index in [4.69, 9.17) is 4.74 Å². The molecule has 2 aliphatic rings. The summed E-state index contributed by atoms with van der Waals surface area (Å²) in [6.07, 6.45) is 1.24. The Balaban J connectivity index is 2.26. The molecule has 3 rings (SSSR count). The molecule has 0 radical (unpaired) electrons. The van der Waals surface area contributed by atoms with E-state index in [1.807, 2.05) is 32.5 Å². The fraction of sp³-hybridized carbons (Fsp3) is 0.571. The first kappa shape index (κ1) is 19.4. The SMILES string of the molecule is CCOC(=O)C1=C(C)NC2=C(C(=O)CC(C)(C)C2)C1c1c(C)nn(C)c1C. The van der Waals surface area contributed by atoms with Crippen LogP contribution in [0.25, 0.3) is 0 Å². The number of aryl methyl sites for hydroxylation is 2. The molecule has 6 heteroatoms. The smallest absolute Gasteiger partial charge is 0.336 e. The number of hydrogen-bond donors (Lipinski definition) is 1. The molecule has 0 aromatic carbocycles. The number of carbonyl (C=O) groups excluding carboxylic acids is 2. The number of nitrogens with zero attached hydrogens (tertiary/aromatic N) is 2. The average molecular weight is 371 g/mol. The lowest BCUT2D eigenvalue weighted by Crippen LogP contribution is -2.39. The molecule has 2 heterocycles. The molecule has 1 aliphatic carbocycles. The summed E-state index contributed by atoms with van der Waals surface area (Å²) < 4.78 is 7.16. The van der Waals surface area contributed by atoms with Crippen LogP contribution in [0, 0.1) is 19.3 Å². The van der Waals surface area contributed by atoms with Crippen molar-refractivity contribution in [3.05, 3.63) is 39.5 Å². The summed E-state index contributed by atoms with van der Waals surface area (Å²) >= 11 is 0. The largest absolute Gasteiger partial charge is 0.463 e. The molecule has 1 atom stereocenters. The lowest BCUT2D eigenvalue weighted by Gasteiger charge is -2.39. The molecule has 6 nitrogen and oxygen atoms in total. The van der Waals surface area contributed by atoms with Gasteiger partial charge < -0.3 is 10.1 Å². The Bertz CT molecular complexity index is 887. The summed E-state index contributed by atoms with van der Waals surface area (Å²) in [7, 11) is 1.88. The monoisotopic (exact) mass is 371 g/mol. The van der Waals surface area contributed by atoms with E-state index in [9.17, 15) is 9.59 Å². The van der Waals surface area contributed by atoms with Crippen molar-refractivity contribution in [1.82, 2.24) is 15.1 Å². The van der Waals surface area contributed by atoms with Gasteiger partial charge in [-0.2, -0.15) is 5.10 Å². The van der Waals surface area contributed by atoms with E-state index < -0.39 is 5.92 Å². The summed E-state index contributed by atoms with van der Waals surface area (Å²) in [6.45, 7) is 12.1. The van der Waals surface area contributed by atoms with Crippen molar-refractivity contribution in [2.24, 2.45) is 12.5 Å². The van der Waals surface area contributed by atoms with Crippen LogP contribution in [0.2, 0.25) is 0 Å². The highest BCUT2D eigenvalue weighted by Crippen LogP contribution is 2.47. The Hall–Kier alpha value is -2.37. The molecule has 146 valence electrons. The van der Waals surface area contributed by atoms with Crippen LogP contribution in [0.3, 0.4) is 0 Å². The zero-order valence-electron chi connectivity index (χ0n) is 17.3. The molecule has 27 heavy (non-hydrogen) atoms. The van der Waals surface area contributed by atoms with Crippen molar-refractivity contribution in [1.29, 1.82) is 0 Å². The zero-order chi connectivity index (χ0) is 20.1.